The fourth-order valence-corrected chi connectivity index (χ4v) is 2.93. The van der Waals surface area contributed by atoms with Gasteiger partial charge in [-0.05, 0) is 32.1 Å². The molecular formula is C13H23N3OS. The highest BCUT2D eigenvalue weighted by atomic mass is 32.2. The predicted molar refractivity (Wildman–Crippen MR) is 74.8 cm³/mol. The Morgan fingerprint density at radius 3 is 3.00 bits per heavy atom. The molecule has 2 rings (SSSR count). The Morgan fingerprint density at radius 2 is 2.44 bits per heavy atom. The molecule has 1 atom stereocenters. The molecule has 1 aromatic rings. The van der Waals surface area contributed by atoms with Crippen molar-refractivity contribution in [3.8, 4) is 0 Å². The molecule has 3 N–H and O–H groups in total. The second-order valence-electron chi connectivity index (χ2n) is 5.06. The van der Waals surface area contributed by atoms with Gasteiger partial charge in [0.1, 0.15) is 0 Å². The minimum Gasteiger partial charge on any atom is -0.394 e. The maximum atomic E-state index is 9.65. The number of aromatic amines is 1. The van der Waals surface area contributed by atoms with Crippen molar-refractivity contribution >= 4 is 11.8 Å². The van der Waals surface area contributed by atoms with E-state index in [4.69, 9.17) is 0 Å². The van der Waals surface area contributed by atoms with E-state index in [9.17, 15) is 5.11 Å². The van der Waals surface area contributed by atoms with Gasteiger partial charge in [-0.25, -0.2) is 4.98 Å². The zero-order valence-electron chi connectivity index (χ0n) is 11.0. The highest BCUT2D eigenvalue weighted by Gasteiger charge is 2.33. The van der Waals surface area contributed by atoms with Crippen LogP contribution in [0, 0.1) is 0 Å². The van der Waals surface area contributed by atoms with E-state index in [0.717, 1.165) is 30.2 Å². The zero-order chi connectivity index (χ0) is 12.8. The highest BCUT2D eigenvalue weighted by Crippen LogP contribution is 2.27. The van der Waals surface area contributed by atoms with Gasteiger partial charge in [0.05, 0.1) is 6.61 Å². The van der Waals surface area contributed by atoms with E-state index in [2.05, 4.69) is 22.2 Å². The van der Waals surface area contributed by atoms with Crippen molar-refractivity contribution in [1.82, 2.24) is 15.3 Å². The summed E-state index contributed by atoms with van der Waals surface area (Å²) in [6, 6.07) is 0.648. The third kappa shape index (κ3) is 4.00. The van der Waals surface area contributed by atoms with Crippen LogP contribution in [0.2, 0.25) is 0 Å². The van der Waals surface area contributed by atoms with Gasteiger partial charge in [0.15, 0.2) is 5.16 Å². The second kappa shape index (κ2) is 6.59. The van der Waals surface area contributed by atoms with Gasteiger partial charge in [0.2, 0.25) is 0 Å². The minimum absolute atomic E-state index is 0.0646. The van der Waals surface area contributed by atoms with Crippen LogP contribution < -0.4 is 5.32 Å². The van der Waals surface area contributed by atoms with E-state index < -0.39 is 0 Å². The second-order valence-corrected chi connectivity index (χ2v) is 6.14. The number of imidazole rings is 1. The Labute approximate surface area is 113 Å². The molecule has 0 saturated heterocycles. The first-order valence-corrected chi connectivity index (χ1v) is 7.77. The molecule has 102 valence electrons. The van der Waals surface area contributed by atoms with E-state index >= 15 is 0 Å². The van der Waals surface area contributed by atoms with Gasteiger partial charge in [0, 0.05) is 29.7 Å². The molecule has 1 aliphatic carbocycles. The molecule has 5 heteroatoms. The topological polar surface area (TPSA) is 60.9 Å². The number of nitrogens with one attached hydrogen (secondary N) is 2. The molecule has 0 radical (unpaired) electrons. The molecule has 1 aliphatic rings. The lowest BCUT2D eigenvalue weighted by atomic mass is 9.91. The lowest BCUT2D eigenvalue weighted by Gasteiger charge is -2.32. The molecule has 1 fully saturated rings. The van der Waals surface area contributed by atoms with Crippen molar-refractivity contribution in [3.63, 3.8) is 0 Å². The Kier molecular flexibility index (Phi) is 5.09. The first-order valence-electron chi connectivity index (χ1n) is 6.79. The summed E-state index contributed by atoms with van der Waals surface area (Å²) >= 11 is 1.75. The lowest BCUT2D eigenvalue weighted by Crippen LogP contribution is -2.49. The maximum absolute atomic E-state index is 9.65. The number of rotatable bonds is 9. The van der Waals surface area contributed by atoms with Crippen LogP contribution in [0.25, 0.3) is 0 Å². The fourth-order valence-electron chi connectivity index (χ4n) is 2.16. The number of hydrogen-bond donors (Lipinski definition) is 3. The van der Waals surface area contributed by atoms with Crippen LogP contribution >= 0.6 is 11.8 Å². The average Bonchev–Trinajstić information content (AvgIpc) is 3.05. The summed E-state index contributed by atoms with van der Waals surface area (Å²) in [6.45, 7) is 2.40. The summed E-state index contributed by atoms with van der Waals surface area (Å²) in [5.41, 5.74) is -0.0646. The van der Waals surface area contributed by atoms with Crippen molar-refractivity contribution in [3.05, 3.63) is 12.4 Å². The van der Waals surface area contributed by atoms with Crippen LogP contribution in [0.4, 0.5) is 0 Å². The smallest absolute Gasteiger partial charge is 0.165 e. The van der Waals surface area contributed by atoms with Crippen LogP contribution in [0.1, 0.15) is 39.0 Å². The molecule has 1 aromatic heterocycles. The highest BCUT2D eigenvalue weighted by molar-refractivity contribution is 7.99. The van der Waals surface area contributed by atoms with Gasteiger partial charge in [0.25, 0.3) is 0 Å². The summed E-state index contributed by atoms with van der Waals surface area (Å²) in [5, 5.41) is 14.2. The number of aromatic nitrogens is 2. The number of nitrogens with zero attached hydrogens (tertiary/aromatic N) is 1. The van der Waals surface area contributed by atoms with Crippen LogP contribution in [-0.2, 0) is 0 Å². The Balaban J connectivity index is 1.71. The van der Waals surface area contributed by atoms with Crippen LogP contribution in [0.5, 0.6) is 0 Å². The van der Waals surface area contributed by atoms with Gasteiger partial charge in [-0.1, -0.05) is 18.7 Å². The molecule has 4 nitrogen and oxygen atoms in total. The molecule has 0 amide bonds. The third-order valence-electron chi connectivity index (χ3n) is 3.58. The molecule has 18 heavy (non-hydrogen) atoms. The fraction of sp³-hybridized carbons (Fsp3) is 0.769. The number of hydrogen-bond acceptors (Lipinski definition) is 4. The zero-order valence-corrected chi connectivity index (χ0v) is 11.8. The minimum atomic E-state index is -0.0646. The molecule has 0 bridgehead atoms. The number of aliphatic hydroxyl groups is 1. The van der Waals surface area contributed by atoms with E-state index in [-0.39, 0.29) is 12.1 Å². The van der Waals surface area contributed by atoms with Crippen LogP contribution in [-0.4, -0.2) is 39.0 Å². The van der Waals surface area contributed by atoms with Gasteiger partial charge in [-0.3, -0.25) is 0 Å². The predicted octanol–water partition coefficient (Wildman–Crippen LogP) is 2.18. The summed E-state index contributed by atoms with van der Waals surface area (Å²) in [5.74, 6) is 1.04. The summed E-state index contributed by atoms with van der Waals surface area (Å²) < 4.78 is 0. The Bertz CT molecular complexity index is 334. The standard InChI is InChI=1S/C13H23N3OS/c1-2-13(10-17,16-11-4-5-11)6-3-9-18-12-14-7-8-15-12/h7-8,11,16-17H,2-6,9-10H2,1H3,(H,14,15). The molecule has 0 aliphatic heterocycles. The van der Waals surface area contributed by atoms with Gasteiger partial charge in [-0.2, -0.15) is 0 Å². The summed E-state index contributed by atoms with van der Waals surface area (Å²) in [7, 11) is 0. The monoisotopic (exact) mass is 269 g/mol. The normalized spacial score (nSPS) is 18.8. The number of thioether (sulfide) groups is 1. The van der Waals surface area contributed by atoms with Gasteiger partial charge < -0.3 is 15.4 Å². The first kappa shape index (κ1) is 13.9. The number of aliphatic hydroxyl groups excluding tert-OH is 1. The molecule has 1 heterocycles. The van der Waals surface area contributed by atoms with Crippen molar-refractivity contribution in [1.29, 1.82) is 0 Å². The molecule has 0 aromatic carbocycles. The third-order valence-corrected chi connectivity index (χ3v) is 4.57. The summed E-state index contributed by atoms with van der Waals surface area (Å²) in [4.78, 5) is 7.28. The van der Waals surface area contributed by atoms with E-state index in [1.54, 1.807) is 18.0 Å². The average molecular weight is 269 g/mol. The lowest BCUT2D eigenvalue weighted by molar-refractivity contribution is 0.144. The maximum Gasteiger partial charge on any atom is 0.165 e. The molecular weight excluding hydrogens is 246 g/mol. The van der Waals surface area contributed by atoms with Crippen molar-refractivity contribution < 1.29 is 5.11 Å². The molecule has 1 saturated carbocycles. The summed E-state index contributed by atoms with van der Waals surface area (Å²) in [6.07, 6.45) is 9.28. The SMILES string of the molecule is CCC(CO)(CCCSc1ncc[nH]1)NC1CC1. The van der Waals surface area contributed by atoms with Crippen molar-refractivity contribution in [2.24, 2.45) is 0 Å². The Hall–Kier alpha value is -0.520. The van der Waals surface area contributed by atoms with Crippen LogP contribution in [0.15, 0.2) is 17.6 Å². The van der Waals surface area contributed by atoms with E-state index in [0.29, 0.717) is 6.04 Å². The van der Waals surface area contributed by atoms with Crippen molar-refractivity contribution in [2.45, 2.75) is 55.8 Å². The quantitative estimate of drug-likeness (QED) is 0.475. The van der Waals surface area contributed by atoms with Gasteiger partial charge >= 0.3 is 0 Å². The van der Waals surface area contributed by atoms with Crippen molar-refractivity contribution in [2.75, 3.05) is 12.4 Å². The first-order chi connectivity index (χ1) is 8.78. The van der Waals surface area contributed by atoms with E-state index in [1.807, 2.05) is 6.20 Å². The molecule has 0 spiro atoms. The number of H-pyrrole nitrogens is 1. The van der Waals surface area contributed by atoms with Crippen LogP contribution in [0.3, 0.4) is 0 Å². The van der Waals surface area contributed by atoms with Gasteiger partial charge in [-0.15, -0.1) is 0 Å². The largest absolute Gasteiger partial charge is 0.394 e. The molecule has 1 unspecified atom stereocenters. The van der Waals surface area contributed by atoms with E-state index in [1.165, 1.54) is 12.8 Å². The Morgan fingerprint density at radius 1 is 1.61 bits per heavy atom.